The van der Waals surface area contributed by atoms with E-state index in [1.807, 2.05) is 0 Å². The van der Waals surface area contributed by atoms with E-state index in [4.69, 9.17) is 9.47 Å². The number of nitrogens with zero attached hydrogens (tertiary/aromatic N) is 1. The molecular weight excluding hydrogens is 371 g/mol. The highest BCUT2D eigenvalue weighted by molar-refractivity contribution is 5.85. The number of halogens is 2. The Kier molecular flexibility index (Phi) is 15.2. The van der Waals surface area contributed by atoms with E-state index in [1.165, 1.54) is 43.2 Å². The minimum atomic E-state index is 0. The van der Waals surface area contributed by atoms with Gasteiger partial charge in [0.2, 0.25) is 0 Å². The third kappa shape index (κ3) is 9.43. The van der Waals surface area contributed by atoms with E-state index in [-0.39, 0.29) is 24.8 Å². The van der Waals surface area contributed by atoms with Gasteiger partial charge in [0.15, 0.2) is 0 Å². The summed E-state index contributed by atoms with van der Waals surface area (Å²) in [5.41, 5.74) is 2.62. The van der Waals surface area contributed by atoms with Crippen LogP contribution < -0.4 is 10.1 Å². The molecule has 0 atom stereocenters. The molecule has 0 aromatic heterocycles. The van der Waals surface area contributed by atoms with Gasteiger partial charge < -0.3 is 14.8 Å². The van der Waals surface area contributed by atoms with Gasteiger partial charge in [-0.2, -0.15) is 0 Å². The topological polar surface area (TPSA) is 33.7 Å². The molecule has 1 saturated heterocycles. The van der Waals surface area contributed by atoms with Crippen LogP contribution in [0.2, 0.25) is 0 Å². The largest absolute Gasteiger partial charge is 0.496 e. The van der Waals surface area contributed by atoms with E-state index < -0.39 is 0 Å². The van der Waals surface area contributed by atoms with Crippen molar-refractivity contribution in [3.05, 3.63) is 29.3 Å². The fourth-order valence-corrected chi connectivity index (χ4v) is 3.15. The molecule has 1 aromatic rings. The summed E-state index contributed by atoms with van der Waals surface area (Å²) in [5.74, 6) is 0.991. The van der Waals surface area contributed by atoms with E-state index in [1.54, 1.807) is 7.11 Å². The second-order valence-electron chi connectivity index (χ2n) is 6.63. The van der Waals surface area contributed by atoms with Crippen LogP contribution in [-0.2, 0) is 17.8 Å². The number of nitrogens with one attached hydrogen (secondary N) is 1. The highest BCUT2D eigenvalue weighted by atomic mass is 35.5. The maximum Gasteiger partial charge on any atom is 0.123 e. The lowest BCUT2D eigenvalue weighted by Gasteiger charge is -2.27. The highest BCUT2D eigenvalue weighted by Gasteiger charge is 2.13. The first-order chi connectivity index (χ1) is 11.8. The van der Waals surface area contributed by atoms with Gasteiger partial charge in [-0.25, -0.2) is 0 Å². The molecule has 26 heavy (non-hydrogen) atoms. The van der Waals surface area contributed by atoms with Crippen LogP contribution in [0.25, 0.3) is 0 Å². The lowest BCUT2D eigenvalue weighted by Crippen LogP contribution is -2.35. The minimum Gasteiger partial charge on any atom is -0.496 e. The van der Waals surface area contributed by atoms with Gasteiger partial charge in [-0.15, -0.1) is 24.8 Å². The van der Waals surface area contributed by atoms with Crippen molar-refractivity contribution in [2.75, 3.05) is 40.0 Å². The third-order valence-electron chi connectivity index (χ3n) is 4.63. The van der Waals surface area contributed by atoms with E-state index in [0.29, 0.717) is 0 Å². The fraction of sp³-hybridized carbons (Fsp3) is 0.700. The van der Waals surface area contributed by atoms with Gasteiger partial charge in [-0.1, -0.05) is 38.7 Å². The Labute approximate surface area is 171 Å². The van der Waals surface area contributed by atoms with Gasteiger partial charge in [0.1, 0.15) is 5.75 Å². The van der Waals surface area contributed by atoms with Gasteiger partial charge in [0, 0.05) is 31.7 Å². The number of rotatable bonds is 11. The van der Waals surface area contributed by atoms with Gasteiger partial charge >= 0.3 is 0 Å². The number of morpholine rings is 1. The Morgan fingerprint density at radius 3 is 2.50 bits per heavy atom. The summed E-state index contributed by atoms with van der Waals surface area (Å²) >= 11 is 0. The number of methoxy groups -OCH3 is 1. The quantitative estimate of drug-likeness (QED) is 0.551. The molecule has 0 saturated carbocycles. The first-order valence-electron chi connectivity index (χ1n) is 9.50. The Hall–Kier alpha value is -0.520. The van der Waals surface area contributed by atoms with Crippen LogP contribution in [0.15, 0.2) is 18.2 Å². The van der Waals surface area contributed by atoms with Gasteiger partial charge in [-0.3, -0.25) is 4.90 Å². The monoisotopic (exact) mass is 406 g/mol. The number of hydrogen-bond acceptors (Lipinski definition) is 4. The molecule has 1 heterocycles. The van der Waals surface area contributed by atoms with E-state index in [2.05, 4.69) is 35.3 Å². The summed E-state index contributed by atoms with van der Waals surface area (Å²) in [6, 6.07) is 6.57. The average Bonchev–Trinajstić information content (AvgIpc) is 2.62. The summed E-state index contributed by atoms with van der Waals surface area (Å²) < 4.78 is 11.0. The molecule has 0 aliphatic carbocycles. The summed E-state index contributed by atoms with van der Waals surface area (Å²) in [6.07, 6.45) is 6.65. The van der Waals surface area contributed by atoms with Crippen molar-refractivity contribution in [3.63, 3.8) is 0 Å². The second kappa shape index (κ2) is 15.5. The molecule has 1 N–H and O–H groups in total. The molecule has 6 heteroatoms. The maximum absolute atomic E-state index is 5.54. The molecule has 152 valence electrons. The van der Waals surface area contributed by atoms with Crippen molar-refractivity contribution < 1.29 is 9.47 Å². The predicted octanol–water partition coefficient (Wildman–Crippen LogP) is 4.43. The minimum absolute atomic E-state index is 0. The summed E-state index contributed by atoms with van der Waals surface area (Å²) in [4.78, 5) is 2.44. The van der Waals surface area contributed by atoms with Crippen LogP contribution in [0, 0.1) is 0 Å². The number of benzene rings is 1. The molecule has 0 spiro atoms. The smallest absolute Gasteiger partial charge is 0.123 e. The normalized spacial score (nSPS) is 14.4. The third-order valence-corrected chi connectivity index (χ3v) is 4.63. The van der Waals surface area contributed by atoms with Crippen molar-refractivity contribution in [2.24, 2.45) is 0 Å². The average molecular weight is 407 g/mol. The first-order valence-corrected chi connectivity index (χ1v) is 9.50. The highest BCUT2D eigenvalue weighted by Crippen LogP contribution is 2.22. The number of hydrogen-bond donors (Lipinski definition) is 1. The molecule has 0 bridgehead atoms. The van der Waals surface area contributed by atoms with Crippen molar-refractivity contribution in [1.82, 2.24) is 10.2 Å². The fourth-order valence-electron chi connectivity index (χ4n) is 3.15. The Morgan fingerprint density at radius 1 is 1.08 bits per heavy atom. The number of ether oxygens (including phenoxy) is 2. The van der Waals surface area contributed by atoms with E-state index in [0.717, 1.165) is 51.7 Å². The molecular formula is C20H36Cl2N2O2. The van der Waals surface area contributed by atoms with Gasteiger partial charge in [0.05, 0.1) is 20.3 Å². The standard InChI is InChI=1S/C20H34N2O2.2ClH/c1-3-4-5-6-7-10-21-16-18-8-9-20(23-2)19(15-18)17-22-11-13-24-14-12-22;;/h8-9,15,21H,3-7,10-14,16-17H2,1-2H3;2*1H. The molecule has 4 nitrogen and oxygen atoms in total. The maximum atomic E-state index is 5.54. The Morgan fingerprint density at radius 2 is 1.81 bits per heavy atom. The SMILES string of the molecule is CCCCCCCNCc1ccc(OC)c(CN2CCOCC2)c1.Cl.Cl. The molecule has 2 rings (SSSR count). The van der Waals surface area contributed by atoms with Crippen LogP contribution in [0.3, 0.4) is 0 Å². The zero-order valence-electron chi connectivity index (χ0n) is 16.3. The predicted molar refractivity (Wildman–Crippen MR) is 114 cm³/mol. The lowest BCUT2D eigenvalue weighted by atomic mass is 10.1. The lowest BCUT2D eigenvalue weighted by molar-refractivity contribution is 0.0339. The van der Waals surface area contributed by atoms with Crippen LogP contribution >= 0.6 is 24.8 Å². The Balaban J connectivity index is 0.00000312. The van der Waals surface area contributed by atoms with Gasteiger partial charge in [0.25, 0.3) is 0 Å². The zero-order chi connectivity index (χ0) is 17.0. The molecule has 1 aliphatic rings. The van der Waals surface area contributed by atoms with Crippen LogP contribution in [0.1, 0.15) is 50.2 Å². The van der Waals surface area contributed by atoms with Crippen LogP contribution in [0.5, 0.6) is 5.75 Å². The second-order valence-corrected chi connectivity index (χ2v) is 6.63. The van der Waals surface area contributed by atoms with Gasteiger partial charge in [-0.05, 0) is 30.7 Å². The van der Waals surface area contributed by atoms with E-state index in [9.17, 15) is 0 Å². The van der Waals surface area contributed by atoms with E-state index >= 15 is 0 Å². The van der Waals surface area contributed by atoms with Crippen LogP contribution in [-0.4, -0.2) is 44.9 Å². The molecule has 0 amide bonds. The Bertz CT molecular complexity index is 469. The van der Waals surface area contributed by atoms with Crippen molar-refractivity contribution in [2.45, 2.75) is 52.1 Å². The van der Waals surface area contributed by atoms with Crippen molar-refractivity contribution >= 4 is 24.8 Å². The summed E-state index contributed by atoms with van der Waals surface area (Å²) in [5, 5.41) is 3.57. The first kappa shape index (κ1) is 25.5. The molecule has 0 unspecified atom stereocenters. The van der Waals surface area contributed by atoms with Crippen molar-refractivity contribution in [3.8, 4) is 5.75 Å². The molecule has 1 aliphatic heterocycles. The summed E-state index contributed by atoms with van der Waals surface area (Å²) in [7, 11) is 1.76. The van der Waals surface area contributed by atoms with Crippen molar-refractivity contribution in [1.29, 1.82) is 0 Å². The number of unbranched alkanes of at least 4 members (excludes halogenated alkanes) is 4. The zero-order valence-corrected chi connectivity index (χ0v) is 17.9. The summed E-state index contributed by atoms with van der Waals surface area (Å²) in [6.45, 7) is 8.92. The molecule has 0 radical (unpaired) electrons. The van der Waals surface area contributed by atoms with Crippen LogP contribution in [0.4, 0.5) is 0 Å². The molecule has 1 fully saturated rings. The molecule has 1 aromatic carbocycles.